The zero-order chi connectivity index (χ0) is 18.5. The Kier molecular flexibility index (Phi) is 7.90. The van der Waals surface area contributed by atoms with Crippen molar-refractivity contribution in [2.24, 2.45) is 0 Å². The standard InChI is InChI=1S/C14H22FO6PS2/c1-10(2)20-22(16,21-11(3)4)9-19-24(17,18)14-12(15)7-6-8-13(14)23-5/h6-8,10-11H,9H2,1-5H3. The summed E-state index contributed by atoms with van der Waals surface area (Å²) in [4.78, 5) is -0.391. The van der Waals surface area contributed by atoms with E-state index < -0.39 is 47.0 Å². The average Bonchev–Trinajstić information content (AvgIpc) is 2.43. The molecule has 0 bridgehead atoms. The molecule has 0 heterocycles. The van der Waals surface area contributed by atoms with E-state index >= 15 is 0 Å². The van der Waals surface area contributed by atoms with E-state index in [1.807, 2.05) is 0 Å². The highest BCUT2D eigenvalue weighted by Gasteiger charge is 2.33. The van der Waals surface area contributed by atoms with Crippen LogP contribution in [0, 0.1) is 5.82 Å². The molecule has 1 aromatic rings. The summed E-state index contributed by atoms with van der Waals surface area (Å²) in [7, 11) is -8.28. The maximum atomic E-state index is 14.0. The van der Waals surface area contributed by atoms with Crippen LogP contribution in [0.5, 0.6) is 0 Å². The van der Waals surface area contributed by atoms with Crippen LogP contribution in [0.4, 0.5) is 4.39 Å². The minimum atomic E-state index is -4.47. The molecule has 0 spiro atoms. The van der Waals surface area contributed by atoms with Gasteiger partial charge in [-0.2, -0.15) is 8.42 Å². The van der Waals surface area contributed by atoms with E-state index in [0.717, 1.165) is 17.8 Å². The average molecular weight is 400 g/mol. The quantitative estimate of drug-likeness (QED) is 0.348. The van der Waals surface area contributed by atoms with Gasteiger partial charge >= 0.3 is 17.7 Å². The van der Waals surface area contributed by atoms with Gasteiger partial charge in [0.25, 0.3) is 0 Å². The van der Waals surface area contributed by atoms with Crippen molar-refractivity contribution < 1.29 is 30.6 Å². The highest BCUT2D eigenvalue weighted by atomic mass is 32.2. The molecule has 10 heteroatoms. The molecule has 1 rings (SSSR count). The van der Waals surface area contributed by atoms with Gasteiger partial charge in [-0.25, -0.2) is 4.39 Å². The molecule has 0 saturated carbocycles. The molecule has 138 valence electrons. The largest absolute Gasteiger partial charge is 0.358 e. The summed E-state index contributed by atoms with van der Waals surface area (Å²) in [5.41, 5.74) is 0. The highest BCUT2D eigenvalue weighted by Crippen LogP contribution is 2.51. The second kappa shape index (κ2) is 8.78. The Hall–Kier alpha value is -0.440. The molecular weight excluding hydrogens is 378 g/mol. The van der Waals surface area contributed by atoms with E-state index in [-0.39, 0.29) is 4.90 Å². The van der Waals surface area contributed by atoms with Crippen LogP contribution in [0.3, 0.4) is 0 Å². The number of halogens is 1. The Morgan fingerprint density at radius 3 is 2.17 bits per heavy atom. The summed E-state index contributed by atoms with van der Waals surface area (Å²) in [5, 5.41) is 0. The lowest BCUT2D eigenvalue weighted by Crippen LogP contribution is -2.16. The topological polar surface area (TPSA) is 78.9 Å². The molecule has 24 heavy (non-hydrogen) atoms. The number of thioether (sulfide) groups is 1. The molecule has 0 aliphatic carbocycles. The first-order valence-corrected chi connectivity index (χ1v) is 11.5. The summed E-state index contributed by atoms with van der Waals surface area (Å²) >= 11 is 1.06. The fourth-order valence-electron chi connectivity index (χ4n) is 1.81. The lowest BCUT2D eigenvalue weighted by atomic mass is 10.3. The number of rotatable bonds is 9. The maximum absolute atomic E-state index is 14.0. The SMILES string of the molecule is CSc1cccc(F)c1S(=O)(=O)OCP(=O)(OC(C)C)OC(C)C. The van der Waals surface area contributed by atoms with Crippen molar-refractivity contribution in [2.75, 3.05) is 12.6 Å². The van der Waals surface area contributed by atoms with E-state index in [0.29, 0.717) is 0 Å². The first-order valence-electron chi connectivity index (χ1n) is 7.18. The first kappa shape index (κ1) is 21.6. The van der Waals surface area contributed by atoms with Crippen LogP contribution >= 0.6 is 19.4 Å². The van der Waals surface area contributed by atoms with Crippen molar-refractivity contribution in [3.63, 3.8) is 0 Å². The molecule has 0 saturated heterocycles. The van der Waals surface area contributed by atoms with Crippen molar-refractivity contribution in [3.8, 4) is 0 Å². The van der Waals surface area contributed by atoms with Crippen LogP contribution in [-0.4, -0.2) is 33.2 Å². The van der Waals surface area contributed by atoms with Gasteiger partial charge < -0.3 is 9.05 Å². The molecule has 0 aromatic heterocycles. The molecule has 0 aliphatic rings. The van der Waals surface area contributed by atoms with Crippen molar-refractivity contribution in [2.45, 2.75) is 49.7 Å². The zero-order valence-electron chi connectivity index (χ0n) is 14.2. The fraction of sp³-hybridized carbons (Fsp3) is 0.571. The molecule has 0 atom stereocenters. The van der Waals surface area contributed by atoms with Crippen LogP contribution < -0.4 is 0 Å². The van der Waals surface area contributed by atoms with Crippen LogP contribution in [0.2, 0.25) is 0 Å². The van der Waals surface area contributed by atoms with E-state index in [2.05, 4.69) is 0 Å². The van der Waals surface area contributed by atoms with Gasteiger partial charge in [0.1, 0.15) is 10.7 Å². The normalized spacial score (nSPS) is 13.0. The van der Waals surface area contributed by atoms with Crippen molar-refractivity contribution in [1.29, 1.82) is 0 Å². The Bertz CT molecular complexity index is 691. The summed E-state index contributed by atoms with van der Waals surface area (Å²) in [6.45, 7) is 6.53. The monoisotopic (exact) mass is 400 g/mol. The first-order chi connectivity index (χ1) is 11.0. The van der Waals surface area contributed by atoms with E-state index in [1.54, 1.807) is 34.0 Å². The smallest absolute Gasteiger partial charge is 0.304 e. The second-order valence-corrected chi connectivity index (χ2v) is 9.69. The lowest BCUT2D eigenvalue weighted by Gasteiger charge is -2.22. The van der Waals surface area contributed by atoms with Gasteiger partial charge in [0.15, 0.2) is 6.35 Å². The van der Waals surface area contributed by atoms with Crippen LogP contribution in [-0.2, 0) is 27.9 Å². The summed E-state index contributed by atoms with van der Waals surface area (Å²) in [6, 6.07) is 3.87. The number of hydrogen-bond acceptors (Lipinski definition) is 7. The predicted molar refractivity (Wildman–Crippen MR) is 91.4 cm³/mol. The van der Waals surface area contributed by atoms with Crippen LogP contribution in [0.1, 0.15) is 27.7 Å². The van der Waals surface area contributed by atoms with Gasteiger partial charge in [-0.15, -0.1) is 11.8 Å². The third-order valence-corrected chi connectivity index (χ3v) is 6.87. The molecule has 0 N–H and O–H groups in total. The maximum Gasteiger partial charge on any atom is 0.358 e. The molecule has 0 amide bonds. The predicted octanol–water partition coefficient (Wildman–Crippen LogP) is 4.25. The molecule has 0 aliphatic heterocycles. The molecule has 0 fully saturated rings. The van der Waals surface area contributed by atoms with E-state index in [4.69, 9.17) is 13.2 Å². The molecule has 0 unspecified atom stereocenters. The van der Waals surface area contributed by atoms with Gasteiger partial charge in [0, 0.05) is 4.90 Å². The van der Waals surface area contributed by atoms with Crippen molar-refractivity contribution in [1.82, 2.24) is 0 Å². The van der Waals surface area contributed by atoms with Crippen LogP contribution in [0.25, 0.3) is 0 Å². The third-order valence-electron chi connectivity index (χ3n) is 2.51. The number of benzene rings is 1. The third kappa shape index (κ3) is 6.13. The Labute approximate surface area is 146 Å². The second-order valence-electron chi connectivity index (χ2n) is 5.39. The summed E-state index contributed by atoms with van der Waals surface area (Å²) in [5.74, 6) is -0.939. The van der Waals surface area contributed by atoms with Gasteiger partial charge in [-0.05, 0) is 46.1 Å². The van der Waals surface area contributed by atoms with Gasteiger partial charge in [0.05, 0.1) is 12.2 Å². The van der Waals surface area contributed by atoms with E-state index in [9.17, 15) is 17.4 Å². The Morgan fingerprint density at radius 1 is 1.17 bits per heavy atom. The van der Waals surface area contributed by atoms with Crippen LogP contribution in [0.15, 0.2) is 28.0 Å². The molecular formula is C14H22FO6PS2. The summed E-state index contributed by atoms with van der Waals surface area (Å²) in [6.07, 6.45) is -0.136. The highest BCUT2D eigenvalue weighted by molar-refractivity contribution is 7.99. The summed E-state index contributed by atoms with van der Waals surface area (Å²) < 4.78 is 66.5. The molecule has 1 aromatic carbocycles. The minimum absolute atomic E-state index is 0.194. The van der Waals surface area contributed by atoms with E-state index in [1.165, 1.54) is 12.1 Å². The van der Waals surface area contributed by atoms with Gasteiger partial charge in [-0.1, -0.05) is 6.07 Å². The Morgan fingerprint density at radius 2 is 1.71 bits per heavy atom. The van der Waals surface area contributed by atoms with Gasteiger partial charge in [0.2, 0.25) is 0 Å². The Balaban J connectivity index is 3.08. The molecule has 0 radical (unpaired) electrons. The minimum Gasteiger partial charge on any atom is -0.304 e. The lowest BCUT2D eigenvalue weighted by molar-refractivity contribution is 0.129. The fourth-order valence-corrected chi connectivity index (χ4v) is 6.13. The van der Waals surface area contributed by atoms with Gasteiger partial charge in [-0.3, -0.25) is 8.75 Å². The number of hydrogen-bond donors (Lipinski definition) is 0. The molecule has 6 nitrogen and oxygen atoms in total. The zero-order valence-corrected chi connectivity index (χ0v) is 16.7. The van der Waals surface area contributed by atoms with Crippen molar-refractivity contribution >= 4 is 29.5 Å². The van der Waals surface area contributed by atoms with Crippen molar-refractivity contribution in [3.05, 3.63) is 24.0 Å².